The van der Waals surface area contributed by atoms with E-state index in [-0.39, 0.29) is 11.7 Å². The number of aliphatic carboxylic acids is 1. The Labute approximate surface area is 274 Å². The van der Waals surface area contributed by atoms with Crippen LogP contribution in [0.25, 0.3) is 5.57 Å². The third-order valence-corrected chi connectivity index (χ3v) is 8.45. The molecule has 46 heavy (non-hydrogen) atoms. The number of rotatable bonds is 11. The molecule has 6 nitrogen and oxygen atoms in total. The van der Waals surface area contributed by atoms with Gasteiger partial charge in [0.15, 0.2) is 0 Å². The fraction of sp³-hybridized carbons (Fsp3) is 0.371. The summed E-state index contributed by atoms with van der Waals surface area (Å²) in [5.41, 5.74) is 6.98. The molecule has 0 spiro atoms. The van der Waals surface area contributed by atoms with Crippen molar-refractivity contribution >= 4 is 33.4 Å². The molecule has 1 saturated carbocycles. The monoisotopic (exact) mass is 704 g/mol. The lowest BCUT2D eigenvalue weighted by atomic mass is 9.92. The summed E-state index contributed by atoms with van der Waals surface area (Å²) in [5.74, 6) is -2.34. The van der Waals surface area contributed by atoms with Gasteiger partial charge in [-0.25, -0.2) is 9.18 Å². The Morgan fingerprint density at radius 1 is 1.00 bits per heavy atom. The summed E-state index contributed by atoms with van der Waals surface area (Å²) < 4.78 is 51.7. The molecule has 2 aliphatic rings. The van der Waals surface area contributed by atoms with Gasteiger partial charge in [-0.05, 0) is 102 Å². The number of carbonyl (C=O) groups is 2. The number of carbonyl (C=O) groups excluding carboxylic acids is 1. The van der Waals surface area contributed by atoms with Crippen LogP contribution in [0.4, 0.5) is 17.6 Å². The zero-order chi connectivity index (χ0) is 33.3. The van der Waals surface area contributed by atoms with Crippen LogP contribution in [0.5, 0.6) is 5.75 Å². The largest absolute Gasteiger partial charge is 0.492 e. The van der Waals surface area contributed by atoms with Gasteiger partial charge in [0.05, 0.1) is 11.1 Å². The summed E-state index contributed by atoms with van der Waals surface area (Å²) in [5, 5.41) is 10.6. The second-order valence-corrected chi connectivity index (χ2v) is 12.2. The molecule has 246 valence electrons. The van der Waals surface area contributed by atoms with E-state index in [1.54, 1.807) is 6.07 Å². The number of aryl methyl sites for hydroxylation is 2. The fourth-order valence-electron chi connectivity index (χ4n) is 5.14. The van der Waals surface area contributed by atoms with Crippen LogP contribution in [-0.2, 0) is 22.4 Å². The Kier molecular flexibility index (Phi) is 12.4. The lowest BCUT2D eigenvalue weighted by molar-refractivity contribution is -0.192. The topological polar surface area (TPSA) is 78.9 Å². The van der Waals surface area contributed by atoms with Gasteiger partial charge in [0.2, 0.25) is 0 Å². The molecular formula is C35H37BrF4N2O4. The molecule has 1 heterocycles. The first-order chi connectivity index (χ1) is 21.9. The Bertz CT molecular complexity index is 1520. The van der Waals surface area contributed by atoms with Crippen LogP contribution >= 0.6 is 15.9 Å². The van der Waals surface area contributed by atoms with Crippen molar-refractivity contribution in [2.45, 2.75) is 57.7 Å². The van der Waals surface area contributed by atoms with E-state index in [1.165, 1.54) is 34.4 Å². The van der Waals surface area contributed by atoms with E-state index in [9.17, 15) is 22.4 Å². The second kappa shape index (κ2) is 16.2. The smallest absolute Gasteiger partial charge is 0.490 e. The lowest BCUT2D eigenvalue weighted by Crippen LogP contribution is -2.40. The summed E-state index contributed by atoms with van der Waals surface area (Å²) in [6, 6.07) is 22.1. The number of halogens is 5. The van der Waals surface area contributed by atoms with Crippen LogP contribution in [-0.4, -0.2) is 60.3 Å². The third-order valence-electron chi connectivity index (χ3n) is 7.79. The van der Waals surface area contributed by atoms with Crippen molar-refractivity contribution in [2.24, 2.45) is 0 Å². The average molecular weight is 706 g/mol. The van der Waals surface area contributed by atoms with Crippen molar-refractivity contribution in [3.05, 3.63) is 105 Å². The van der Waals surface area contributed by atoms with Crippen molar-refractivity contribution in [3.8, 4) is 5.75 Å². The first kappa shape index (κ1) is 35.2. The number of benzene rings is 3. The highest BCUT2D eigenvalue weighted by atomic mass is 79.9. The zero-order valence-corrected chi connectivity index (χ0v) is 27.1. The first-order valence-corrected chi connectivity index (χ1v) is 16.0. The van der Waals surface area contributed by atoms with Crippen LogP contribution in [0.3, 0.4) is 0 Å². The number of ether oxygens (including phenoxy) is 1. The third kappa shape index (κ3) is 10.4. The Morgan fingerprint density at radius 3 is 2.26 bits per heavy atom. The van der Waals surface area contributed by atoms with Crippen molar-refractivity contribution in [1.29, 1.82) is 0 Å². The molecule has 1 aliphatic carbocycles. The van der Waals surface area contributed by atoms with Gasteiger partial charge in [-0.2, -0.15) is 13.2 Å². The number of hydrogen-bond acceptors (Lipinski definition) is 4. The number of alkyl halides is 3. The van der Waals surface area contributed by atoms with Crippen molar-refractivity contribution in [2.75, 3.05) is 26.2 Å². The van der Waals surface area contributed by atoms with Gasteiger partial charge in [0.1, 0.15) is 11.6 Å². The normalized spacial score (nSPS) is 14.7. The molecule has 0 unspecified atom stereocenters. The van der Waals surface area contributed by atoms with E-state index in [1.807, 2.05) is 0 Å². The molecule has 2 N–H and O–H groups in total. The molecule has 0 atom stereocenters. The maximum atomic E-state index is 13.8. The molecule has 1 aliphatic heterocycles. The summed E-state index contributed by atoms with van der Waals surface area (Å²) in [4.78, 5) is 24.8. The quantitative estimate of drug-likeness (QED) is 0.160. The molecule has 0 saturated heterocycles. The average Bonchev–Trinajstić information content (AvgIpc) is 3.87. The molecule has 0 radical (unpaired) electrons. The van der Waals surface area contributed by atoms with E-state index in [2.05, 4.69) is 81.6 Å². The zero-order valence-electron chi connectivity index (χ0n) is 25.5. The molecule has 5 rings (SSSR count). The standard InChI is InChI=1S/C33H36BrFN2O2.C2HF3O2/c1-23-4-6-25(7-5-23)17-19-37(28-13-14-28)33(38)30-22-36-18-16-29(30)26-10-8-24(9-11-26)3-2-20-39-32-21-27(35)12-15-31(32)34;3-2(4,5)1(6)7/h4-12,15,21,28,36H,2-3,13-14,16-20,22H2,1H3;(H,6,7). The maximum Gasteiger partial charge on any atom is 0.490 e. The first-order valence-electron chi connectivity index (χ1n) is 15.2. The van der Waals surface area contributed by atoms with Gasteiger partial charge >= 0.3 is 12.1 Å². The molecule has 0 bridgehead atoms. The Hall–Kier alpha value is -3.70. The van der Waals surface area contributed by atoms with Gasteiger partial charge in [-0.15, -0.1) is 0 Å². The highest BCUT2D eigenvalue weighted by Gasteiger charge is 2.38. The van der Waals surface area contributed by atoms with Crippen molar-refractivity contribution in [3.63, 3.8) is 0 Å². The van der Waals surface area contributed by atoms with Crippen LogP contribution in [0.1, 0.15) is 47.9 Å². The van der Waals surface area contributed by atoms with Gasteiger partial charge in [0.25, 0.3) is 5.91 Å². The second-order valence-electron chi connectivity index (χ2n) is 11.4. The van der Waals surface area contributed by atoms with E-state index in [4.69, 9.17) is 14.6 Å². The fourth-order valence-corrected chi connectivity index (χ4v) is 5.50. The minimum absolute atomic E-state index is 0.191. The number of hydrogen-bond donors (Lipinski definition) is 2. The van der Waals surface area contributed by atoms with Crippen molar-refractivity contribution in [1.82, 2.24) is 10.2 Å². The molecular weight excluding hydrogens is 668 g/mol. The van der Waals surface area contributed by atoms with Gasteiger partial charge < -0.3 is 20.1 Å². The summed E-state index contributed by atoms with van der Waals surface area (Å²) >= 11 is 3.40. The molecule has 3 aromatic rings. The van der Waals surface area contributed by atoms with E-state index in [0.717, 1.165) is 67.2 Å². The van der Waals surface area contributed by atoms with E-state index >= 15 is 0 Å². The van der Waals surface area contributed by atoms with Crippen LogP contribution in [0.15, 0.2) is 76.8 Å². The summed E-state index contributed by atoms with van der Waals surface area (Å²) in [7, 11) is 0. The highest BCUT2D eigenvalue weighted by Crippen LogP contribution is 2.32. The number of amides is 1. The predicted octanol–water partition coefficient (Wildman–Crippen LogP) is 7.52. The number of nitrogens with one attached hydrogen (secondary N) is 1. The van der Waals surface area contributed by atoms with Gasteiger partial charge in [-0.1, -0.05) is 54.1 Å². The van der Waals surface area contributed by atoms with Crippen LogP contribution < -0.4 is 10.1 Å². The molecule has 3 aromatic carbocycles. The maximum absolute atomic E-state index is 13.8. The number of carboxylic acids is 1. The molecule has 11 heteroatoms. The molecule has 1 amide bonds. The number of nitrogens with zero attached hydrogens (tertiary/aromatic N) is 1. The van der Waals surface area contributed by atoms with Crippen LogP contribution in [0.2, 0.25) is 0 Å². The SMILES string of the molecule is Cc1ccc(CCN(C(=O)C2=C(c3ccc(CCCOc4cc(F)ccc4Br)cc3)CCNC2)C2CC2)cc1.O=C(O)C(F)(F)F. The summed E-state index contributed by atoms with van der Waals surface area (Å²) in [6.45, 7) is 4.88. The van der Waals surface area contributed by atoms with Gasteiger partial charge in [0, 0.05) is 30.8 Å². The highest BCUT2D eigenvalue weighted by molar-refractivity contribution is 9.10. The molecule has 0 aromatic heterocycles. The van der Waals surface area contributed by atoms with E-state index in [0.29, 0.717) is 24.9 Å². The number of carboxylic acid groups (broad SMARTS) is 1. The van der Waals surface area contributed by atoms with Crippen LogP contribution in [0, 0.1) is 12.7 Å². The summed E-state index contributed by atoms with van der Waals surface area (Å²) in [6.07, 6.45) is 0.555. The Balaban J connectivity index is 0.000000617. The minimum Gasteiger partial charge on any atom is -0.492 e. The van der Waals surface area contributed by atoms with E-state index < -0.39 is 12.1 Å². The van der Waals surface area contributed by atoms with Crippen molar-refractivity contribution < 1.29 is 37.0 Å². The lowest BCUT2D eigenvalue weighted by Gasteiger charge is -2.28. The predicted molar refractivity (Wildman–Crippen MR) is 172 cm³/mol. The van der Waals surface area contributed by atoms with Gasteiger partial charge in [-0.3, -0.25) is 4.79 Å². The Morgan fingerprint density at radius 2 is 1.63 bits per heavy atom. The molecule has 1 fully saturated rings. The minimum atomic E-state index is -5.08.